The fraction of sp³-hybridized carbons (Fsp3) is 0.643. The number of likely N-dealkylation sites (N-methyl/N-ethyl adjacent to an activating group) is 1. The first-order chi connectivity index (χ1) is 8.86. The van der Waals surface area contributed by atoms with Crippen LogP contribution in [0.4, 0.5) is 0 Å². The second-order valence-corrected chi connectivity index (χ2v) is 4.53. The lowest BCUT2D eigenvalue weighted by atomic mass is 9.98. The first-order valence-corrected chi connectivity index (χ1v) is 6.70. The summed E-state index contributed by atoms with van der Waals surface area (Å²) >= 11 is 0. The topological polar surface area (TPSA) is 43.4 Å². The zero-order valence-corrected chi connectivity index (χ0v) is 11.2. The van der Waals surface area contributed by atoms with E-state index in [1.165, 1.54) is 6.42 Å². The Hall–Kier alpha value is -1.13. The minimum Gasteiger partial charge on any atom is -0.495 e. The first-order valence-electron chi connectivity index (χ1n) is 6.70. The average Bonchev–Trinajstić information content (AvgIpc) is 2.46. The van der Waals surface area contributed by atoms with Crippen LogP contribution in [-0.2, 0) is 4.74 Å². The summed E-state index contributed by atoms with van der Waals surface area (Å²) in [4.78, 5) is 4.48. The summed E-state index contributed by atoms with van der Waals surface area (Å²) in [6.07, 6.45) is 5.47. The number of hydrogen-bond donors (Lipinski definition) is 1. The van der Waals surface area contributed by atoms with E-state index in [2.05, 4.69) is 17.2 Å². The van der Waals surface area contributed by atoms with Crippen molar-refractivity contribution in [1.29, 1.82) is 0 Å². The summed E-state index contributed by atoms with van der Waals surface area (Å²) < 4.78 is 11.3. The lowest BCUT2D eigenvalue weighted by Crippen LogP contribution is -2.36. The van der Waals surface area contributed by atoms with Crippen LogP contribution < -0.4 is 10.1 Å². The van der Waals surface area contributed by atoms with Gasteiger partial charge in [-0.3, -0.25) is 4.98 Å². The van der Waals surface area contributed by atoms with Crippen molar-refractivity contribution in [1.82, 2.24) is 10.3 Å². The minimum atomic E-state index is 0.117. The third kappa shape index (κ3) is 3.00. The highest BCUT2D eigenvalue weighted by atomic mass is 16.5. The van der Waals surface area contributed by atoms with Gasteiger partial charge in [0.15, 0.2) is 0 Å². The average molecular weight is 250 g/mol. The second-order valence-electron chi connectivity index (χ2n) is 4.53. The molecule has 18 heavy (non-hydrogen) atoms. The molecule has 1 aromatic rings. The molecule has 1 aromatic heterocycles. The van der Waals surface area contributed by atoms with E-state index in [1.54, 1.807) is 7.11 Å². The van der Waals surface area contributed by atoms with Crippen LogP contribution in [0.1, 0.15) is 37.9 Å². The summed E-state index contributed by atoms with van der Waals surface area (Å²) in [6.45, 7) is 3.84. The monoisotopic (exact) mass is 250 g/mol. The van der Waals surface area contributed by atoms with Crippen LogP contribution in [0.25, 0.3) is 0 Å². The number of hydrogen-bond acceptors (Lipinski definition) is 4. The smallest absolute Gasteiger partial charge is 0.142 e. The van der Waals surface area contributed by atoms with E-state index in [4.69, 9.17) is 9.47 Å². The summed E-state index contributed by atoms with van der Waals surface area (Å²) in [7, 11) is 1.69. The van der Waals surface area contributed by atoms with Crippen LogP contribution >= 0.6 is 0 Å². The number of nitrogens with zero attached hydrogens (tertiary/aromatic N) is 1. The zero-order valence-electron chi connectivity index (χ0n) is 11.2. The Bertz CT molecular complexity index is 365. The maximum absolute atomic E-state index is 5.89. The fourth-order valence-corrected chi connectivity index (χ4v) is 2.46. The van der Waals surface area contributed by atoms with Crippen LogP contribution in [0.2, 0.25) is 0 Å². The molecule has 2 heterocycles. The van der Waals surface area contributed by atoms with Gasteiger partial charge in [-0.2, -0.15) is 0 Å². The molecule has 0 amide bonds. The summed E-state index contributed by atoms with van der Waals surface area (Å²) in [5.41, 5.74) is 0.953. The second kappa shape index (κ2) is 6.71. The third-order valence-corrected chi connectivity index (χ3v) is 3.32. The first kappa shape index (κ1) is 13.3. The van der Waals surface area contributed by atoms with Gasteiger partial charge in [0.25, 0.3) is 0 Å². The maximum Gasteiger partial charge on any atom is 0.142 e. The molecule has 0 aromatic carbocycles. The van der Waals surface area contributed by atoms with Gasteiger partial charge in [-0.25, -0.2) is 0 Å². The molecule has 2 rings (SSSR count). The van der Waals surface area contributed by atoms with E-state index < -0.39 is 0 Å². The number of aromatic nitrogens is 1. The molecule has 2 unspecified atom stereocenters. The Labute approximate surface area is 109 Å². The molecular formula is C14H22N2O2. The number of methoxy groups -OCH3 is 1. The quantitative estimate of drug-likeness (QED) is 0.871. The van der Waals surface area contributed by atoms with Gasteiger partial charge in [0, 0.05) is 12.8 Å². The van der Waals surface area contributed by atoms with Crippen LogP contribution in [-0.4, -0.2) is 31.3 Å². The van der Waals surface area contributed by atoms with E-state index >= 15 is 0 Å². The van der Waals surface area contributed by atoms with Gasteiger partial charge in [-0.15, -0.1) is 0 Å². The number of pyridine rings is 1. The Kier molecular flexibility index (Phi) is 4.96. The van der Waals surface area contributed by atoms with E-state index in [1.807, 2.05) is 18.3 Å². The normalized spacial score (nSPS) is 21.6. The highest BCUT2D eigenvalue weighted by Gasteiger charge is 2.28. The maximum atomic E-state index is 5.89. The van der Waals surface area contributed by atoms with Gasteiger partial charge < -0.3 is 14.8 Å². The van der Waals surface area contributed by atoms with Crippen molar-refractivity contribution >= 4 is 0 Å². The van der Waals surface area contributed by atoms with Gasteiger partial charge in [0.1, 0.15) is 11.4 Å². The standard InChI is InChI=1S/C14H22N2O2/c1-3-15-14(12-7-4-5-10-18-12)13-11(17-2)8-6-9-16-13/h6,8-9,12,14-15H,3-5,7,10H2,1-2H3. The highest BCUT2D eigenvalue weighted by molar-refractivity contribution is 5.30. The van der Waals surface area contributed by atoms with Crippen LogP contribution in [0.5, 0.6) is 5.75 Å². The summed E-state index contributed by atoms with van der Waals surface area (Å²) in [6, 6.07) is 3.97. The van der Waals surface area contributed by atoms with Crippen molar-refractivity contribution in [2.45, 2.75) is 38.3 Å². The van der Waals surface area contributed by atoms with Crippen molar-refractivity contribution in [2.24, 2.45) is 0 Å². The van der Waals surface area contributed by atoms with Crippen molar-refractivity contribution in [2.75, 3.05) is 20.3 Å². The fourth-order valence-electron chi connectivity index (χ4n) is 2.46. The Morgan fingerprint density at radius 1 is 1.56 bits per heavy atom. The van der Waals surface area contributed by atoms with E-state index in [0.29, 0.717) is 0 Å². The number of nitrogens with one attached hydrogen (secondary N) is 1. The van der Waals surface area contributed by atoms with Gasteiger partial charge in [0.2, 0.25) is 0 Å². The molecule has 100 valence electrons. The van der Waals surface area contributed by atoms with Gasteiger partial charge in [-0.1, -0.05) is 6.92 Å². The van der Waals surface area contributed by atoms with Crippen molar-refractivity contribution in [3.05, 3.63) is 24.0 Å². The molecule has 0 aliphatic carbocycles. The molecule has 4 nitrogen and oxygen atoms in total. The lowest BCUT2D eigenvalue weighted by molar-refractivity contribution is -0.00921. The Morgan fingerprint density at radius 3 is 3.11 bits per heavy atom. The molecule has 1 fully saturated rings. The highest BCUT2D eigenvalue weighted by Crippen LogP contribution is 2.30. The molecule has 1 aliphatic rings. The minimum absolute atomic E-state index is 0.117. The van der Waals surface area contributed by atoms with E-state index in [9.17, 15) is 0 Å². The largest absolute Gasteiger partial charge is 0.495 e. The van der Waals surface area contributed by atoms with Crippen LogP contribution in [0.3, 0.4) is 0 Å². The van der Waals surface area contributed by atoms with Crippen molar-refractivity contribution < 1.29 is 9.47 Å². The zero-order chi connectivity index (χ0) is 12.8. The summed E-state index contributed by atoms with van der Waals surface area (Å²) in [5.74, 6) is 0.831. The predicted octanol–water partition coefficient (Wildman–Crippen LogP) is 2.31. The third-order valence-electron chi connectivity index (χ3n) is 3.32. The Balaban J connectivity index is 2.22. The Morgan fingerprint density at radius 2 is 2.44 bits per heavy atom. The van der Waals surface area contributed by atoms with Gasteiger partial charge >= 0.3 is 0 Å². The molecule has 1 aliphatic heterocycles. The van der Waals surface area contributed by atoms with Crippen LogP contribution in [0.15, 0.2) is 18.3 Å². The van der Waals surface area contributed by atoms with Crippen molar-refractivity contribution in [3.8, 4) is 5.75 Å². The molecule has 1 N–H and O–H groups in total. The molecule has 1 saturated heterocycles. The number of ether oxygens (including phenoxy) is 2. The molecule has 2 atom stereocenters. The van der Waals surface area contributed by atoms with Gasteiger partial charge in [0.05, 0.1) is 19.3 Å². The molecule has 0 spiro atoms. The van der Waals surface area contributed by atoms with Gasteiger partial charge in [-0.05, 0) is 37.9 Å². The molecular weight excluding hydrogens is 228 g/mol. The van der Waals surface area contributed by atoms with Crippen molar-refractivity contribution in [3.63, 3.8) is 0 Å². The molecule has 0 bridgehead atoms. The van der Waals surface area contributed by atoms with E-state index in [-0.39, 0.29) is 12.1 Å². The van der Waals surface area contributed by atoms with E-state index in [0.717, 1.165) is 37.4 Å². The van der Waals surface area contributed by atoms with Crippen LogP contribution in [0, 0.1) is 0 Å². The lowest BCUT2D eigenvalue weighted by Gasteiger charge is -2.31. The summed E-state index contributed by atoms with van der Waals surface area (Å²) in [5, 5.41) is 3.48. The molecule has 0 saturated carbocycles. The SMILES string of the molecule is CCNC(c1ncccc1OC)C1CCCCO1. The molecule has 4 heteroatoms. The molecule has 0 radical (unpaired) electrons. The predicted molar refractivity (Wildman–Crippen MR) is 70.8 cm³/mol. The number of rotatable bonds is 5.